The largest absolute Gasteiger partial charge is 0.486 e. The molecule has 0 aromatic heterocycles. The third-order valence-corrected chi connectivity index (χ3v) is 3.31. The molecule has 106 valence electrons. The van der Waals surface area contributed by atoms with Gasteiger partial charge in [-0.2, -0.15) is 0 Å². The van der Waals surface area contributed by atoms with Gasteiger partial charge in [0.1, 0.15) is 12.7 Å². The number of nitrogen functional groups attached to an aromatic ring is 1. The van der Waals surface area contributed by atoms with Crippen LogP contribution in [0.3, 0.4) is 0 Å². The van der Waals surface area contributed by atoms with Crippen molar-refractivity contribution < 1.29 is 13.9 Å². The molecule has 0 radical (unpaired) electrons. The number of halogens is 1. The van der Waals surface area contributed by atoms with Crippen molar-refractivity contribution in [1.82, 2.24) is 4.90 Å². The van der Waals surface area contributed by atoms with E-state index in [1.165, 1.54) is 6.07 Å². The van der Waals surface area contributed by atoms with Crippen molar-refractivity contribution in [2.45, 2.75) is 26.0 Å². The first-order valence-corrected chi connectivity index (χ1v) is 6.60. The molecule has 2 N–H and O–H groups in total. The van der Waals surface area contributed by atoms with Gasteiger partial charge >= 0.3 is 0 Å². The van der Waals surface area contributed by atoms with Crippen molar-refractivity contribution >= 4 is 5.69 Å². The Morgan fingerprint density at radius 3 is 3.00 bits per heavy atom. The van der Waals surface area contributed by atoms with Crippen molar-refractivity contribution in [3.05, 3.63) is 24.0 Å². The fourth-order valence-electron chi connectivity index (χ4n) is 2.17. The summed E-state index contributed by atoms with van der Waals surface area (Å²) in [6, 6.07) is 5.01. The number of morpholine rings is 1. The fourth-order valence-corrected chi connectivity index (χ4v) is 2.17. The van der Waals surface area contributed by atoms with Crippen LogP contribution >= 0.6 is 0 Å². The van der Waals surface area contributed by atoms with Crippen molar-refractivity contribution in [3.8, 4) is 5.75 Å². The second kappa shape index (κ2) is 6.21. The highest BCUT2D eigenvalue weighted by Gasteiger charge is 2.23. The molecule has 5 heteroatoms. The summed E-state index contributed by atoms with van der Waals surface area (Å²) < 4.78 is 24.7. The van der Waals surface area contributed by atoms with E-state index in [1.807, 2.05) is 0 Å². The predicted molar refractivity (Wildman–Crippen MR) is 72.8 cm³/mol. The summed E-state index contributed by atoms with van der Waals surface area (Å²) >= 11 is 0. The number of para-hydroxylation sites is 1. The van der Waals surface area contributed by atoms with Gasteiger partial charge in [0.05, 0.1) is 12.3 Å². The molecule has 4 nitrogen and oxygen atoms in total. The third kappa shape index (κ3) is 3.58. The van der Waals surface area contributed by atoms with Crippen molar-refractivity contribution in [1.29, 1.82) is 0 Å². The quantitative estimate of drug-likeness (QED) is 0.847. The molecule has 1 aromatic rings. The van der Waals surface area contributed by atoms with Gasteiger partial charge in [-0.1, -0.05) is 6.07 Å². The van der Waals surface area contributed by atoms with Crippen LogP contribution in [-0.4, -0.2) is 43.3 Å². The maximum absolute atomic E-state index is 13.6. The number of ether oxygens (including phenoxy) is 2. The van der Waals surface area contributed by atoms with Crippen LogP contribution in [-0.2, 0) is 4.74 Å². The Labute approximate surface area is 113 Å². The average molecular weight is 268 g/mol. The molecule has 1 saturated heterocycles. The molecular formula is C14H21FN2O2. The molecule has 1 unspecified atom stereocenters. The number of hydrogen-bond donors (Lipinski definition) is 1. The van der Waals surface area contributed by atoms with Crippen molar-refractivity contribution in [2.24, 2.45) is 0 Å². The molecule has 0 amide bonds. The first kappa shape index (κ1) is 14.1. The summed E-state index contributed by atoms with van der Waals surface area (Å²) in [5.41, 5.74) is 6.01. The number of nitrogens with two attached hydrogens (primary N) is 1. The number of hydrogen-bond acceptors (Lipinski definition) is 4. The van der Waals surface area contributed by atoms with Crippen LogP contribution < -0.4 is 10.5 Å². The average Bonchev–Trinajstić information content (AvgIpc) is 2.38. The van der Waals surface area contributed by atoms with E-state index in [-0.39, 0.29) is 11.9 Å². The van der Waals surface area contributed by atoms with E-state index in [0.29, 0.717) is 24.9 Å². The number of nitrogens with zero attached hydrogens (tertiary/aromatic N) is 1. The molecule has 1 aromatic carbocycles. The summed E-state index contributed by atoms with van der Waals surface area (Å²) in [5, 5.41) is 0. The van der Waals surface area contributed by atoms with Gasteiger partial charge < -0.3 is 15.2 Å². The second-order valence-corrected chi connectivity index (χ2v) is 5.05. The normalized spacial score (nSPS) is 20.7. The smallest absolute Gasteiger partial charge is 0.177 e. The van der Waals surface area contributed by atoms with Crippen molar-refractivity contribution in [2.75, 3.05) is 32.0 Å². The lowest BCUT2D eigenvalue weighted by atomic mass is 10.2. The number of rotatable bonds is 4. The molecule has 2 rings (SSSR count). The van der Waals surface area contributed by atoms with Crippen LogP contribution in [0.1, 0.15) is 13.8 Å². The zero-order valence-electron chi connectivity index (χ0n) is 11.4. The zero-order chi connectivity index (χ0) is 13.8. The van der Waals surface area contributed by atoms with Crippen LogP contribution in [0, 0.1) is 5.82 Å². The molecular weight excluding hydrogens is 247 g/mol. The van der Waals surface area contributed by atoms with E-state index in [4.69, 9.17) is 15.2 Å². The van der Waals surface area contributed by atoms with Crippen LogP contribution in [0.2, 0.25) is 0 Å². The molecule has 0 spiro atoms. The summed E-state index contributed by atoms with van der Waals surface area (Å²) in [4.78, 5) is 2.32. The van der Waals surface area contributed by atoms with Gasteiger partial charge in [0, 0.05) is 19.1 Å². The topological polar surface area (TPSA) is 47.7 Å². The summed E-state index contributed by atoms with van der Waals surface area (Å²) in [6.07, 6.45) is -0.0462. The maximum Gasteiger partial charge on any atom is 0.177 e. The molecule has 0 bridgehead atoms. The first-order chi connectivity index (χ1) is 9.08. The lowest BCUT2D eigenvalue weighted by molar-refractivity contribution is -0.0567. The molecule has 1 aliphatic rings. The molecule has 1 heterocycles. The van der Waals surface area contributed by atoms with Gasteiger partial charge in [0.25, 0.3) is 0 Å². The van der Waals surface area contributed by atoms with Crippen LogP contribution in [0.4, 0.5) is 10.1 Å². The Kier molecular flexibility index (Phi) is 4.61. The van der Waals surface area contributed by atoms with Gasteiger partial charge in [-0.3, -0.25) is 4.90 Å². The van der Waals surface area contributed by atoms with Gasteiger partial charge in [0.15, 0.2) is 11.6 Å². The summed E-state index contributed by atoms with van der Waals surface area (Å²) in [5.74, 6) is -0.315. The van der Waals surface area contributed by atoms with Gasteiger partial charge in [-0.05, 0) is 26.0 Å². The maximum atomic E-state index is 13.6. The molecule has 1 atom stereocenters. The van der Waals surface area contributed by atoms with E-state index in [9.17, 15) is 4.39 Å². The number of benzene rings is 1. The Morgan fingerprint density at radius 2 is 2.32 bits per heavy atom. The van der Waals surface area contributed by atoms with Gasteiger partial charge in [0.2, 0.25) is 0 Å². The highest BCUT2D eigenvalue weighted by Crippen LogP contribution is 2.25. The molecule has 1 fully saturated rings. The third-order valence-electron chi connectivity index (χ3n) is 3.31. The summed E-state index contributed by atoms with van der Waals surface area (Å²) in [6.45, 7) is 7.02. The molecule has 1 aliphatic heterocycles. The Bertz CT molecular complexity index is 406. The van der Waals surface area contributed by atoms with E-state index in [1.54, 1.807) is 12.1 Å². The lowest BCUT2D eigenvalue weighted by Crippen LogP contribution is -2.47. The van der Waals surface area contributed by atoms with Gasteiger partial charge in [-0.25, -0.2) is 4.39 Å². The van der Waals surface area contributed by atoms with E-state index in [2.05, 4.69) is 18.7 Å². The SMILES string of the molecule is CC(C)N1CCOC(COc2c(N)cccc2F)C1. The molecule has 0 aliphatic carbocycles. The highest BCUT2D eigenvalue weighted by molar-refractivity contribution is 5.52. The van der Waals surface area contributed by atoms with E-state index >= 15 is 0 Å². The number of anilines is 1. The monoisotopic (exact) mass is 268 g/mol. The summed E-state index contributed by atoms with van der Waals surface area (Å²) in [7, 11) is 0. The Balaban J connectivity index is 1.92. The Morgan fingerprint density at radius 1 is 1.53 bits per heavy atom. The van der Waals surface area contributed by atoms with Crippen LogP contribution in [0.5, 0.6) is 5.75 Å². The van der Waals surface area contributed by atoms with Crippen LogP contribution in [0.25, 0.3) is 0 Å². The highest BCUT2D eigenvalue weighted by atomic mass is 19.1. The minimum atomic E-state index is -0.434. The van der Waals surface area contributed by atoms with Crippen LogP contribution in [0.15, 0.2) is 18.2 Å². The molecule has 19 heavy (non-hydrogen) atoms. The predicted octanol–water partition coefficient (Wildman–Crippen LogP) is 1.90. The zero-order valence-corrected chi connectivity index (χ0v) is 11.4. The second-order valence-electron chi connectivity index (χ2n) is 5.05. The first-order valence-electron chi connectivity index (χ1n) is 6.60. The standard InChI is InChI=1S/C14H21FN2O2/c1-10(2)17-6-7-18-11(8-17)9-19-14-12(15)4-3-5-13(14)16/h3-5,10-11H,6-9,16H2,1-2H3. The fraction of sp³-hybridized carbons (Fsp3) is 0.571. The minimum absolute atomic E-state index is 0.0462. The van der Waals surface area contributed by atoms with Crippen molar-refractivity contribution in [3.63, 3.8) is 0 Å². The van der Waals surface area contributed by atoms with E-state index < -0.39 is 5.82 Å². The van der Waals surface area contributed by atoms with Gasteiger partial charge in [-0.15, -0.1) is 0 Å². The lowest BCUT2D eigenvalue weighted by Gasteiger charge is -2.35. The minimum Gasteiger partial charge on any atom is -0.486 e. The molecule has 0 saturated carbocycles. The van der Waals surface area contributed by atoms with E-state index in [0.717, 1.165) is 13.1 Å². The Hall–Kier alpha value is -1.33.